The Bertz CT molecular complexity index is 1170. The Hall–Kier alpha value is -2.99. The molecule has 1 unspecified atom stereocenters. The van der Waals surface area contributed by atoms with Gasteiger partial charge in [0.2, 0.25) is 5.91 Å². The highest BCUT2D eigenvalue weighted by Gasteiger charge is 2.34. The van der Waals surface area contributed by atoms with Crippen molar-refractivity contribution < 1.29 is 9.59 Å². The predicted octanol–water partition coefficient (Wildman–Crippen LogP) is 1.38. The van der Waals surface area contributed by atoms with Crippen LogP contribution in [0.15, 0.2) is 41.3 Å². The normalized spacial score (nSPS) is 19.1. The van der Waals surface area contributed by atoms with Crippen LogP contribution in [0.4, 0.5) is 10.6 Å². The van der Waals surface area contributed by atoms with Gasteiger partial charge in [-0.3, -0.25) is 19.6 Å². The number of likely N-dealkylation sites (tertiary alicyclic amines) is 1. The molecule has 4 rings (SSSR count). The molecule has 2 aliphatic heterocycles. The second kappa shape index (κ2) is 12.2. The van der Waals surface area contributed by atoms with Crippen molar-refractivity contribution in [1.29, 1.82) is 0 Å². The van der Waals surface area contributed by atoms with E-state index in [1.165, 1.54) is 10.1 Å². The number of halogens is 1. The molecule has 0 saturated carbocycles. The van der Waals surface area contributed by atoms with E-state index < -0.39 is 11.2 Å². The number of rotatable bonds is 5. The van der Waals surface area contributed by atoms with Crippen molar-refractivity contribution >= 4 is 30.2 Å². The van der Waals surface area contributed by atoms with E-state index in [0.29, 0.717) is 31.4 Å². The SMILES string of the molecule is CC1CN(C(=O)C(C)(C)N)CCN1C(=O)Nc1ccn(-c2ccc(CN3CCC(N)CC3)cc2)c(=O)n1.Cl. The fourth-order valence-electron chi connectivity index (χ4n) is 4.83. The van der Waals surface area contributed by atoms with Crippen molar-refractivity contribution in [3.63, 3.8) is 0 Å². The molecule has 0 bridgehead atoms. The molecule has 5 N–H and O–H groups in total. The zero-order valence-electron chi connectivity index (χ0n) is 22.3. The maximum atomic E-state index is 12.9. The predicted molar refractivity (Wildman–Crippen MR) is 150 cm³/mol. The Balaban J connectivity index is 0.00000400. The zero-order valence-corrected chi connectivity index (χ0v) is 23.1. The third-order valence-corrected chi connectivity index (χ3v) is 7.02. The number of carbonyl (C=O) groups excluding carboxylic acids is 2. The highest BCUT2D eigenvalue weighted by molar-refractivity contribution is 5.89. The van der Waals surface area contributed by atoms with Crippen LogP contribution in [0, 0.1) is 0 Å². The number of amides is 3. The summed E-state index contributed by atoms with van der Waals surface area (Å²) in [4.78, 5) is 47.8. The van der Waals surface area contributed by atoms with Crippen LogP contribution in [0.1, 0.15) is 39.2 Å². The molecule has 208 valence electrons. The third kappa shape index (κ3) is 7.10. The summed E-state index contributed by atoms with van der Waals surface area (Å²) in [5.41, 5.74) is 12.4. The first kappa shape index (κ1) is 29.6. The van der Waals surface area contributed by atoms with E-state index in [4.69, 9.17) is 11.5 Å². The first-order chi connectivity index (χ1) is 17.5. The Morgan fingerprint density at radius 1 is 1.08 bits per heavy atom. The molecule has 1 aromatic heterocycles. The fourth-order valence-corrected chi connectivity index (χ4v) is 4.83. The third-order valence-electron chi connectivity index (χ3n) is 7.02. The minimum absolute atomic E-state index is 0. The van der Waals surface area contributed by atoms with Gasteiger partial charge in [-0.2, -0.15) is 4.98 Å². The van der Waals surface area contributed by atoms with Gasteiger partial charge in [0.15, 0.2) is 0 Å². The summed E-state index contributed by atoms with van der Waals surface area (Å²) in [7, 11) is 0. The fraction of sp³-hybridized carbons (Fsp3) is 0.538. The molecule has 0 radical (unpaired) electrons. The molecule has 12 heteroatoms. The number of piperazine rings is 1. The lowest BCUT2D eigenvalue weighted by molar-refractivity contribution is -0.138. The number of carbonyl (C=O) groups is 2. The number of hydrogen-bond donors (Lipinski definition) is 3. The highest BCUT2D eigenvalue weighted by Crippen LogP contribution is 2.17. The quantitative estimate of drug-likeness (QED) is 0.514. The molecule has 2 aromatic rings. The first-order valence-electron chi connectivity index (χ1n) is 12.8. The van der Waals surface area contributed by atoms with Crippen LogP contribution in [0.3, 0.4) is 0 Å². The summed E-state index contributed by atoms with van der Waals surface area (Å²) in [6.07, 6.45) is 3.64. The number of urea groups is 1. The molecule has 2 saturated heterocycles. The van der Waals surface area contributed by atoms with Crippen LogP contribution < -0.4 is 22.5 Å². The lowest BCUT2D eigenvalue weighted by Crippen LogP contribution is -2.61. The highest BCUT2D eigenvalue weighted by atomic mass is 35.5. The average Bonchev–Trinajstić information content (AvgIpc) is 2.85. The number of nitrogens with one attached hydrogen (secondary N) is 1. The zero-order chi connectivity index (χ0) is 26.7. The summed E-state index contributed by atoms with van der Waals surface area (Å²) in [6.45, 7) is 9.23. The number of nitrogens with two attached hydrogens (primary N) is 2. The Labute approximate surface area is 229 Å². The smallest absolute Gasteiger partial charge is 0.337 e. The molecule has 0 aliphatic carbocycles. The molecule has 1 aromatic carbocycles. The standard InChI is InChI=1S/C26H38N8O3.ClH/c1-18-16-32(23(35)26(2,3)28)14-15-33(18)24(36)29-22-10-13-34(25(37)30-22)21-6-4-19(5-7-21)17-31-11-8-20(27)9-12-31;/h4-7,10,13,18,20H,8-9,11-12,14-17,27-28H2,1-3H3,(H,29,30,36,37);1H. The van der Waals surface area contributed by atoms with Crippen LogP contribution in [-0.2, 0) is 11.3 Å². The molecule has 3 amide bonds. The van der Waals surface area contributed by atoms with Gasteiger partial charge in [0.1, 0.15) is 5.82 Å². The number of benzene rings is 1. The second-order valence-corrected chi connectivity index (χ2v) is 10.7. The summed E-state index contributed by atoms with van der Waals surface area (Å²) < 4.78 is 1.45. The molecule has 1 atom stereocenters. The minimum atomic E-state index is -0.958. The van der Waals surface area contributed by atoms with Gasteiger partial charge >= 0.3 is 11.7 Å². The van der Waals surface area contributed by atoms with Crippen LogP contribution in [-0.4, -0.2) is 86.5 Å². The molecular weight excluding hydrogens is 508 g/mol. The van der Waals surface area contributed by atoms with Gasteiger partial charge in [-0.1, -0.05) is 12.1 Å². The van der Waals surface area contributed by atoms with Crippen LogP contribution in [0.2, 0.25) is 0 Å². The van der Waals surface area contributed by atoms with Gasteiger partial charge < -0.3 is 21.3 Å². The van der Waals surface area contributed by atoms with E-state index in [-0.39, 0.29) is 36.2 Å². The molecule has 3 heterocycles. The van der Waals surface area contributed by atoms with Crippen molar-refractivity contribution in [3.05, 3.63) is 52.6 Å². The Morgan fingerprint density at radius 2 is 1.74 bits per heavy atom. The Kier molecular flexibility index (Phi) is 9.53. The largest absolute Gasteiger partial charge is 0.354 e. The number of piperidine rings is 1. The average molecular weight is 547 g/mol. The lowest BCUT2D eigenvalue weighted by atomic mass is 10.0. The van der Waals surface area contributed by atoms with E-state index >= 15 is 0 Å². The Morgan fingerprint density at radius 3 is 2.32 bits per heavy atom. The van der Waals surface area contributed by atoms with Crippen molar-refractivity contribution in [1.82, 2.24) is 24.3 Å². The summed E-state index contributed by atoms with van der Waals surface area (Å²) in [6, 6.07) is 9.17. The first-order valence-corrected chi connectivity index (χ1v) is 12.8. The van der Waals surface area contributed by atoms with Gasteiger partial charge in [0, 0.05) is 44.5 Å². The van der Waals surface area contributed by atoms with Gasteiger partial charge in [0.05, 0.1) is 11.2 Å². The van der Waals surface area contributed by atoms with Crippen LogP contribution >= 0.6 is 12.4 Å². The molecule has 38 heavy (non-hydrogen) atoms. The molecule has 11 nitrogen and oxygen atoms in total. The van der Waals surface area contributed by atoms with Gasteiger partial charge in [-0.15, -0.1) is 12.4 Å². The lowest BCUT2D eigenvalue weighted by Gasteiger charge is -2.41. The molecule has 2 aliphatic rings. The number of hydrogen-bond acceptors (Lipinski definition) is 7. The number of anilines is 1. The van der Waals surface area contributed by atoms with Crippen molar-refractivity contribution in [3.8, 4) is 5.69 Å². The molecule has 0 spiro atoms. The number of nitrogens with zero attached hydrogens (tertiary/aromatic N) is 5. The maximum Gasteiger partial charge on any atom is 0.354 e. The summed E-state index contributed by atoms with van der Waals surface area (Å²) in [5.74, 6) is 0.0360. The van der Waals surface area contributed by atoms with Gasteiger partial charge in [0.25, 0.3) is 0 Å². The topological polar surface area (TPSA) is 143 Å². The van der Waals surface area contributed by atoms with Crippen molar-refractivity contribution in [2.24, 2.45) is 11.5 Å². The molecule has 2 fully saturated rings. The van der Waals surface area contributed by atoms with E-state index in [2.05, 4.69) is 15.2 Å². The van der Waals surface area contributed by atoms with E-state index in [0.717, 1.165) is 32.5 Å². The van der Waals surface area contributed by atoms with Crippen LogP contribution in [0.25, 0.3) is 5.69 Å². The van der Waals surface area contributed by atoms with E-state index in [1.54, 1.807) is 35.9 Å². The summed E-state index contributed by atoms with van der Waals surface area (Å²) in [5, 5.41) is 2.71. The second-order valence-electron chi connectivity index (χ2n) is 10.7. The number of aromatic nitrogens is 2. The monoisotopic (exact) mass is 546 g/mol. The van der Waals surface area contributed by atoms with Crippen molar-refractivity contribution in [2.75, 3.05) is 38.0 Å². The van der Waals surface area contributed by atoms with Crippen molar-refractivity contribution in [2.45, 2.75) is 57.8 Å². The maximum absolute atomic E-state index is 12.9. The minimum Gasteiger partial charge on any atom is -0.337 e. The van der Waals surface area contributed by atoms with Crippen LogP contribution in [0.5, 0.6) is 0 Å². The van der Waals surface area contributed by atoms with E-state index in [9.17, 15) is 14.4 Å². The summed E-state index contributed by atoms with van der Waals surface area (Å²) >= 11 is 0. The van der Waals surface area contributed by atoms with Gasteiger partial charge in [-0.05, 0) is 70.5 Å². The van der Waals surface area contributed by atoms with Gasteiger partial charge in [-0.25, -0.2) is 9.59 Å². The van der Waals surface area contributed by atoms with E-state index in [1.807, 2.05) is 31.2 Å². The molecular formula is C26H39ClN8O3.